The Bertz CT molecular complexity index is 491. The van der Waals surface area contributed by atoms with Crippen molar-refractivity contribution in [2.75, 3.05) is 7.11 Å². The van der Waals surface area contributed by atoms with E-state index in [1.807, 2.05) is 12.3 Å². The topological polar surface area (TPSA) is 64.3 Å². The van der Waals surface area contributed by atoms with Crippen LogP contribution in [0.1, 0.15) is 11.7 Å². The van der Waals surface area contributed by atoms with Crippen LogP contribution in [0, 0.1) is 0 Å². The Balaban J connectivity index is 2.26. The van der Waals surface area contributed by atoms with E-state index in [2.05, 4.69) is 5.10 Å². The summed E-state index contributed by atoms with van der Waals surface area (Å²) in [6.45, 7) is 0. The molecule has 0 saturated carbocycles. The maximum atomic E-state index is 10.9. The predicted octanol–water partition coefficient (Wildman–Crippen LogP) is 1.64. The SMILES string of the molecule is COC(C(=O)O)c1ccc(-n2cccn2)cc1. The van der Waals surface area contributed by atoms with Crippen molar-refractivity contribution in [3.8, 4) is 5.69 Å². The quantitative estimate of drug-likeness (QED) is 0.870. The van der Waals surface area contributed by atoms with Crippen molar-refractivity contribution in [1.29, 1.82) is 0 Å². The van der Waals surface area contributed by atoms with Gasteiger partial charge in [-0.2, -0.15) is 5.10 Å². The van der Waals surface area contributed by atoms with Gasteiger partial charge in [0.1, 0.15) is 0 Å². The summed E-state index contributed by atoms with van der Waals surface area (Å²) in [5.74, 6) is -1.00. The van der Waals surface area contributed by atoms with Crippen molar-refractivity contribution in [3.63, 3.8) is 0 Å². The lowest BCUT2D eigenvalue weighted by Crippen LogP contribution is -2.13. The zero-order valence-electron chi connectivity index (χ0n) is 9.28. The molecule has 1 aromatic carbocycles. The van der Waals surface area contributed by atoms with Crippen molar-refractivity contribution in [2.24, 2.45) is 0 Å². The van der Waals surface area contributed by atoms with E-state index in [9.17, 15) is 4.79 Å². The van der Waals surface area contributed by atoms with Crippen LogP contribution in [0.2, 0.25) is 0 Å². The van der Waals surface area contributed by atoms with Gasteiger partial charge in [0.25, 0.3) is 0 Å². The summed E-state index contributed by atoms with van der Waals surface area (Å²) in [4.78, 5) is 10.9. The van der Waals surface area contributed by atoms with Gasteiger partial charge >= 0.3 is 5.97 Å². The summed E-state index contributed by atoms with van der Waals surface area (Å²) < 4.78 is 6.61. The van der Waals surface area contributed by atoms with E-state index in [1.54, 1.807) is 35.1 Å². The van der Waals surface area contributed by atoms with Gasteiger partial charge in [-0.1, -0.05) is 12.1 Å². The number of hydrogen-bond acceptors (Lipinski definition) is 3. The molecule has 2 rings (SSSR count). The van der Waals surface area contributed by atoms with Crippen LogP contribution in [-0.4, -0.2) is 28.0 Å². The summed E-state index contributed by atoms with van der Waals surface area (Å²) >= 11 is 0. The Morgan fingerprint density at radius 1 is 1.41 bits per heavy atom. The van der Waals surface area contributed by atoms with E-state index in [-0.39, 0.29) is 0 Å². The Kier molecular flexibility index (Phi) is 3.20. The molecule has 0 bridgehead atoms. The third-order valence-electron chi connectivity index (χ3n) is 2.42. The number of nitrogens with zero attached hydrogens (tertiary/aromatic N) is 2. The van der Waals surface area contributed by atoms with Crippen molar-refractivity contribution >= 4 is 5.97 Å². The number of carboxylic acid groups (broad SMARTS) is 1. The second-order valence-electron chi connectivity index (χ2n) is 3.50. The molecule has 17 heavy (non-hydrogen) atoms. The molecule has 0 aliphatic heterocycles. The maximum Gasteiger partial charge on any atom is 0.337 e. The van der Waals surface area contributed by atoms with Crippen LogP contribution in [0.5, 0.6) is 0 Å². The highest BCUT2D eigenvalue weighted by atomic mass is 16.5. The molecule has 88 valence electrons. The van der Waals surface area contributed by atoms with Gasteiger partial charge in [-0.3, -0.25) is 0 Å². The van der Waals surface area contributed by atoms with Crippen molar-refractivity contribution in [3.05, 3.63) is 48.3 Å². The molecule has 1 aromatic heterocycles. The number of carboxylic acids is 1. The Labute approximate surface area is 98.3 Å². The van der Waals surface area contributed by atoms with Gasteiger partial charge in [-0.25, -0.2) is 9.48 Å². The van der Waals surface area contributed by atoms with Crippen LogP contribution in [-0.2, 0) is 9.53 Å². The van der Waals surface area contributed by atoms with Gasteiger partial charge in [0.15, 0.2) is 6.10 Å². The average molecular weight is 232 g/mol. The molecule has 0 spiro atoms. The molecule has 0 aliphatic rings. The summed E-state index contributed by atoms with van der Waals surface area (Å²) in [5, 5.41) is 13.0. The van der Waals surface area contributed by atoms with E-state index >= 15 is 0 Å². The van der Waals surface area contributed by atoms with Crippen molar-refractivity contribution < 1.29 is 14.6 Å². The monoisotopic (exact) mass is 232 g/mol. The number of benzene rings is 1. The zero-order chi connectivity index (χ0) is 12.3. The molecule has 1 atom stereocenters. The molecule has 5 heteroatoms. The van der Waals surface area contributed by atoms with Crippen LogP contribution in [0.3, 0.4) is 0 Å². The smallest absolute Gasteiger partial charge is 0.337 e. The van der Waals surface area contributed by atoms with Gasteiger partial charge in [0, 0.05) is 19.5 Å². The normalized spacial score (nSPS) is 12.3. The van der Waals surface area contributed by atoms with Crippen molar-refractivity contribution in [2.45, 2.75) is 6.10 Å². The van der Waals surface area contributed by atoms with Crippen molar-refractivity contribution in [1.82, 2.24) is 9.78 Å². The number of aromatic nitrogens is 2. The van der Waals surface area contributed by atoms with Gasteiger partial charge in [0.05, 0.1) is 5.69 Å². The molecule has 1 heterocycles. The minimum Gasteiger partial charge on any atom is -0.479 e. The Hall–Kier alpha value is -2.14. The lowest BCUT2D eigenvalue weighted by atomic mass is 10.1. The fraction of sp³-hybridized carbons (Fsp3) is 0.167. The molecule has 0 saturated heterocycles. The van der Waals surface area contributed by atoms with Crippen LogP contribution in [0.4, 0.5) is 0 Å². The first-order valence-electron chi connectivity index (χ1n) is 5.08. The summed E-state index contributed by atoms with van der Waals surface area (Å²) in [5.41, 5.74) is 1.48. The van der Waals surface area contributed by atoms with Gasteiger partial charge < -0.3 is 9.84 Å². The van der Waals surface area contributed by atoms with E-state index < -0.39 is 12.1 Å². The lowest BCUT2D eigenvalue weighted by molar-refractivity contribution is -0.148. The van der Waals surface area contributed by atoms with Gasteiger partial charge in [-0.15, -0.1) is 0 Å². The molecule has 5 nitrogen and oxygen atoms in total. The number of hydrogen-bond donors (Lipinski definition) is 1. The third kappa shape index (κ3) is 2.34. The second-order valence-corrected chi connectivity index (χ2v) is 3.50. The highest BCUT2D eigenvalue weighted by Crippen LogP contribution is 2.18. The fourth-order valence-corrected chi connectivity index (χ4v) is 1.60. The molecule has 1 unspecified atom stereocenters. The maximum absolute atomic E-state index is 10.9. The van der Waals surface area contributed by atoms with Crippen LogP contribution in [0.15, 0.2) is 42.7 Å². The molecule has 0 aliphatic carbocycles. The number of carbonyl (C=O) groups is 1. The zero-order valence-corrected chi connectivity index (χ0v) is 9.28. The minimum absolute atomic E-state index is 0.607. The Morgan fingerprint density at radius 3 is 2.59 bits per heavy atom. The lowest BCUT2D eigenvalue weighted by Gasteiger charge is -2.11. The highest BCUT2D eigenvalue weighted by molar-refractivity contribution is 5.74. The summed E-state index contributed by atoms with van der Waals surface area (Å²) in [7, 11) is 1.38. The van der Waals surface area contributed by atoms with Gasteiger partial charge in [-0.05, 0) is 23.8 Å². The fourth-order valence-electron chi connectivity index (χ4n) is 1.60. The average Bonchev–Trinajstić information content (AvgIpc) is 2.84. The second kappa shape index (κ2) is 4.80. The first-order valence-corrected chi connectivity index (χ1v) is 5.08. The molecule has 0 amide bonds. The number of aliphatic carboxylic acids is 1. The standard InChI is InChI=1S/C12H12N2O3/c1-17-11(12(15)16)9-3-5-10(6-4-9)14-8-2-7-13-14/h2-8,11H,1H3,(H,15,16). The number of rotatable bonds is 4. The summed E-state index contributed by atoms with van der Waals surface area (Å²) in [6.07, 6.45) is 2.57. The van der Waals surface area contributed by atoms with Crippen LogP contribution >= 0.6 is 0 Å². The molecule has 0 radical (unpaired) electrons. The minimum atomic E-state index is -1.00. The number of ether oxygens (including phenoxy) is 1. The highest BCUT2D eigenvalue weighted by Gasteiger charge is 2.18. The van der Waals surface area contributed by atoms with E-state index in [0.29, 0.717) is 5.56 Å². The van der Waals surface area contributed by atoms with E-state index in [4.69, 9.17) is 9.84 Å². The summed E-state index contributed by atoms with van der Waals surface area (Å²) in [6, 6.07) is 8.87. The molecular weight excluding hydrogens is 220 g/mol. The predicted molar refractivity (Wildman–Crippen MR) is 60.9 cm³/mol. The largest absolute Gasteiger partial charge is 0.479 e. The third-order valence-corrected chi connectivity index (χ3v) is 2.42. The van der Waals surface area contributed by atoms with E-state index in [0.717, 1.165) is 5.69 Å². The molecule has 0 fully saturated rings. The first kappa shape index (κ1) is 11.3. The van der Waals surface area contributed by atoms with E-state index in [1.165, 1.54) is 7.11 Å². The van der Waals surface area contributed by atoms with Crippen LogP contribution in [0.25, 0.3) is 5.69 Å². The molecular formula is C12H12N2O3. The van der Waals surface area contributed by atoms with Gasteiger partial charge in [0.2, 0.25) is 0 Å². The number of methoxy groups -OCH3 is 1. The van der Waals surface area contributed by atoms with Crippen LogP contribution < -0.4 is 0 Å². The first-order chi connectivity index (χ1) is 8.22. The molecule has 1 N–H and O–H groups in total. The molecule has 2 aromatic rings. The Morgan fingerprint density at radius 2 is 2.12 bits per heavy atom.